The molecule has 7 heteroatoms. The van der Waals surface area contributed by atoms with Gasteiger partial charge in [0.1, 0.15) is 24.4 Å². The van der Waals surface area contributed by atoms with Gasteiger partial charge in [0.05, 0.1) is 11.7 Å². The minimum atomic E-state index is -1.22. The van der Waals surface area contributed by atoms with Gasteiger partial charge in [-0.1, -0.05) is 72.8 Å². The van der Waals surface area contributed by atoms with Crippen LogP contribution in [-0.4, -0.2) is 35.9 Å². The predicted octanol–water partition coefficient (Wildman–Crippen LogP) is 3.62. The van der Waals surface area contributed by atoms with Gasteiger partial charge in [-0.2, -0.15) is 0 Å². The van der Waals surface area contributed by atoms with Crippen LogP contribution in [0.1, 0.15) is 24.1 Å². The Labute approximate surface area is 191 Å². The number of hydrogen-bond donors (Lipinski definition) is 1. The summed E-state index contributed by atoms with van der Waals surface area (Å²) in [5.41, 5.74) is 0.963. The van der Waals surface area contributed by atoms with Crippen LogP contribution in [0.25, 0.3) is 0 Å². The first-order valence-electron chi connectivity index (χ1n) is 10.8. The summed E-state index contributed by atoms with van der Waals surface area (Å²) in [5, 5.41) is 2.76. The Balaban J connectivity index is 1.46. The van der Waals surface area contributed by atoms with Crippen molar-refractivity contribution in [3.63, 3.8) is 0 Å². The van der Waals surface area contributed by atoms with E-state index >= 15 is 0 Å². The summed E-state index contributed by atoms with van der Waals surface area (Å²) in [6, 6.07) is 24.9. The Morgan fingerprint density at radius 1 is 0.970 bits per heavy atom. The van der Waals surface area contributed by atoms with Crippen molar-refractivity contribution in [1.29, 1.82) is 0 Å². The smallest absolute Gasteiger partial charge is 0.325 e. The zero-order valence-corrected chi connectivity index (χ0v) is 18.1. The highest BCUT2D eigenvalue weighted by molar-refractivity contribution is 6.10. The molecule has 0 aliphatic carbocycles. The van der Waals surface area contributed by atoms with Crippen molar-refractivity contribution in [2.75, 3.05) is 18.1 Å². The van der Waals surface area contributed by atoms with E-state index in [1.165, 1.54) is 0 Å². The van der Waals surface area contributed by atoms with Crippen LogP contribution >= 0.6 is 0 Å². The Hall–Kier alpha value is -4.13. The van der Waals surface area contributed by atoms with Crippen molar-refractivity contribution in [2.24, 2.45) is 0 Å². The number of anilines is 1. The van der Waals surface area contributed by atoms with Gasteiger partial charge >= 0.3 is 6.03 Å². The lowest BCUT2D eigenvalue weighted by atomic mass is 9.92. The molecule has 0 spiro atoms. The molecule has 1 saturated heterocycles. The number of nitrogens with one attached hydrogen (secondary N) is 1. The van der Waals surface area contributed by atoms with Crippen LogP contribution in [0.4, 0.5) is 10.5 Å². The summed E-state index contributed by atoms with van der Waals surface area (Å²) in [7, 11) is 0. The molecule has 0 radical (unpaired) electrons. The quantitative estimate of drug-likeness (QED) is 0.628. The van der Waals surface area contributed by atoms with Crippen LogP contribution in [-0.2, 0) is 15.1 Å². The molecule has 3 aromatic rings. The van der Waals surface area contributed by atoms with E-state index in [0.717, 1.165) is 10.5 Å². The van der Waals surface area contributed by atoms with Gasteiger partial charge in [0, 0.05) is 0 Å². The molecule has 7 nitrogen and oxygen atoms in total. The average Bonchev–Trinajstić information content (AvgIpc) is 3.08. The van der Waals surface area contributed by atoms with E-state index in [2.05, 4.69) is 5.32 Å². The van der Waals surface area contributed by atoms with E-state index in [1.54, 1.807) is 30.0 Å². The minimum absolute atomic E-state index is 0.272. The van der Waals surface area contributed by atoms with Gasteiger partial charge in [-0.15, -0.1) is 0 Å². The summed E-state index contributed by atoms with van der Waals surface area (Å²) >= 11 is 0. The molecule has 0 saturated carbocycles. The molecule has 3 aromatic carbocycles. The first kappa shape index (κ1) is 20.8. The fourth-order valence-electron chi connectivity index (χ4n) is 4.44. The number of urea groups is 1. The molecule has 5 rings (SSSR count). The standard InChI is InChI=1S/C26H23N3O4/c1-26(19-12-6-3-7-13-19)24(31)28(25(32)27-26)16-23(30)29-20-14-8-9-15-22(20)33-17-21(29)18-10-4-2-5-11-18/h2-15,21H,16-17H2,1H3,(H,27,32)/t21-,26+/m1/s1. The lowest BCUT2D eigenvalue weighted by Gasteiger charge is -2.37. The van der Waals surface area contributed by atoms with Crippen molar-refractivity contribution in [3.05, 3.63) is 96.1 Å². The van der Waals surface area contributed by atoms with Crippen LogP contribution in [0.3, 0.4) is 0 Å². The number of rotatable bonds is 4. The molecule has 4 amide bonds. The fourth-order valence-corrected chi connectivity index (χ4v) is 4.44. The number of carbonyl (C=O) groups excluding carboxylic acids is 3. The lowest BCUT2D eigenvalue weighted by molar-refractivity contribution is -0.134. The second-order valence-electron chi connectivity index (χ2n) is 8.28. The second-order valence-corrected chi connectivity index (χ2v) is 8.28. The highest BCUT2D eigenvalue weighted by Gasteiger charge is 2.50. The number of imide groups is 1. The van der Waals surface area contributed by atoms with Gasteiger partial charge in [0.25, 0.3) is 5.91 Å². The fraction of sp³-hybridized carbons (Fsp3) is 0.192. The van der Waals surface area contributed by atoms with Gasteiger partial charge in [-0.25, -0.2) is 4.79 Å². The molecule has 1 fully saturated rings. The average molecular weight is 441 g/mol. The third-order valence-electron chi connectivity index (χ3n) is 6.21. The predicted molar refractivity (Wildman–Crippen MR) is 123 cm³/mol. The van der Waals surface area contributed by atoms with Gasteiger partial charge < -0.3 is 10.1 Å². The monoisotopic (exact) mass is 441 g/mol. The van der Waals surface area contributed by atoms with Crippen LogP contribution in [0.2, 0.25) is 0 Å². The third kappa shape index (κ3) is 3.51. The number of carbonyl (C=O) groups is 3. The summed E-state index contributed by atoms with van der Waals surface area (Å²) in [6.07, 6.45) is 0. The van der Waals surface area contributed by atoms with E-state index in [1.807, 2.05) is 66.7 Å². The largest absolute Gasteiger partial charge is 0.489 e. The Kier molecular flexibility index (Phi) is 5.09. The van der Waals surface area contributed by atoms with Crippen molar-refractivity contribution in [3.8, 4) is 5.75 Å². The number of nitrogens with zero attached hydrogens (tertiary/aromatic N) is 2. The molecule has 166 valence electrons. The van der Waals surface area contributed by atoms with Crippen LogP contribution in [0.15, 0.2) is 84.9 Å². The normalized spacial score (nSPS) is 21.9. The number of amides is 4. The van der Waals surface area contributed by atoms with Crippen molar-refractivity contribution < 1.29 is 19.1 Å². The van der Waals surface area contributed by atoms with Gasteiger partial charge in [0.15, 0.2) is 0 Å². The number of para-hydroxylation sites is 2. The van der Waals surface area contributed by atoms with Crippen molar-refractivity contribution >= 4 is 23.5 Å². The molecule has 0 aromatic heterocycles. The van der Waals surface area contributed by atoms with Crippen LogP contribution in [0.5, 0.6) is 5.75 Å². The lowest BCUT2D eigenvalue weighted by Crippen LogP contribution is -2.48. The molecule has 1 N–H and O–H groups in total. The second kappa shape index (κ2) is 8.09. The summed E-state index contributed by atoms with van der Waals surface area (Å²) in [5.74, 6) is -0.227. The number of hydrogen-bond acceptors (Lipinski definition) is 4. The Morgan fingerprint density at radius 2 is 1.61 bits per heavy atom. The third-order valence-corrected chi connectivity index (χ3v) is 6.21. The highest BCUT2D eigenvalue weighted by Crippen LogP contribution is 2.39. The maximum absolute atomic E-state index is 13.6. The molecule has 2 heterocycles. The zero-order valence-electron chi connectivity index (χ0n) is 18.1. The topological polar surface area (TPSA) is 79.0 Å². The molecule has 0 bridgehead atoms. The van der Waals surface area contributed by atoms with E-state index in [4.69, 9.17) is 4.74 Å². The SMILES string of the molecule is C[C@@]1(c2ccccc2)NC(=O)N(CC(=O)N2c3ccccc3OC[C@@H]2c2ccccc2)C1=O. The van der Waals surface area contributed by atoms with E-state index < -0.39 is 17.5 Å². The van der Waals surface area contributed by atoms with E-state index in [-0.39, 0.29) is 25.1 Å². The van der Waals surface area contributed by atoms with Gasteiger partial charge in [0.2, 0.25) is 5.91 Å². The van der Waals surface area contributed by atoms with Gasteiger partial charge in [-0.05, 0) is 30.2 Å². The summed E-state index contributed by atoms with van der Waals surface area (Å²) in [6.45, 7) is 1.56. The number of fused-ring (bicyclic) bond motifs is 1. The highest BCUT2D eigenvalue weighted by atomic mass is 16.5. The maximum Gasteiger partial charge on any atom is 0.325 e. The van der Waals surface area contributed by atoms with E-state index in [0.29, 0.717) is 17.0 Å². The Bertz CT molecular complexity index is 1210. The first-order valence-corrected chi connectivity index (χ1v) is 10.8. The molecule has 2 aliphatic heterocycles. The van der Waals surface area contributed by atoms with Crippen molar-refractivity contribution in [1.82, 2.24) is 10.2 Å². The maximum atomic E-state index is 13.6. The number of ether oxygens (including phenoxy) is 1. The molecule has 2 aliphatic rings. The number of benzene rings is 3. The molecule has 2 atom stereocenters. The Morgan fingerprint density at radius 3 is 2.33 bits per heavy atom. The summed E-state index contributed by atoms with van der Waals surface area (Å²) in [4.78, 5) is 42.4. The van der Waals surface area contributed by atoms with Gasteiger partial charge in [-0.3, -0.25) is 19.4 Å². The zero-order chi connectivity index (χ0) is 23.0. The minimum Gasteiger partial charge on any atom is -0.489 e. The molecular weight excluding hydrogens is 418 g/mol. The molecular formula is C26H23N3O4. The van der Waals surface area contributed by atoms with Crippen LogP contribution < -0.4 is 15.0 Å². The van der Waals surface area contributed by atoms with Crippen LogP contribution in [0, 0.1) is 0 Å². The molecule has 33 heavy (non-hydrogen) atoms. The van der Waals surface area contributed by atoms with Crippen molar-refractivity contribution in [2.45, 2.75) is 18.5 Å². The molecule has 0 unspecified atom stereocenters. The first-order chi connectivity index (χ1) is 16.0. The van der Waals surface area contributed by atoms with E-state index in [9.17, 15) is 14.4 Å². The summed E-state index contributed by atoms with van der Waals surface area (Å²) < 4.78 is 5.92.